The molecule has 1 fully saturated rings. The molecular weight excluding hydrogens is 988 g/mol. The van der Waals surface area contributed by atoms with E-state index < -0.39 is 0 Å². The number of nitrogens with one attached hydrogen (secondary N) is 2. The van der Waals surface area contributed by atoms with Gasteiger partial charge in [-0.3, -0.25) is 19.2 Å². The molecule has 0 bridgehead atoms. The van der Waals surface area contributed by atoms with Crippen molar-refractivity contribution in [2.24, 2.45) is 7.05 Å². The second kappa shape index (κ2) is 27.1. The van der Waals surface area contributed by atoms with Crippen molar-refractivity contribution >= 4 is 80.7 Å². The van der Waals surface area contributed by atoms with Crippen LogP contribution in [0.3, 0.4) is 0 Å². The number of pyridine rings is 1. The number of amides is 2. The molecule has 4 aromatic carbocycles. The number of hydrogen-bond donors (Lipinski definition) is 2. The van der Waals surface area contributed by atoms with Gasteiger partial charge in [0.1, 0.15) is 12.8 Å². The lowest BCUT2D eigenvalue weighted by Crippen LogP contribution is -2.49. The quantitative estimate of drug-likeness (QED) is 0.0313. The number of aryl methyl sites for hydroxylation is 2. The predicted octanol–water partition coefficient (Wildman–Crippen LogP) is 8.93. The number of para-hydroxylation sites is 2. The van der Waals surface area contributed by atoms with E-state index >= 15 is 0 Å². The number of thioether (sulfide) groups is 1. The maximum atomic E-state index is 12.9. The van der Waals surface area contributed by atoms with E-state index in [1.165, 1.54) is 75.6 Å². The monoisotopic (exact) mass is 1060 g/mol. The third kappa shape index (κ3) is 15.6. The van der Waals surface area contributed by atoms with Crippen molar-refractivity contribution in [1.82, 2.24) is 30.5 Å². The van der Waals surface area contributed by atoms with Gasteiger partial charge in [0.15, 0.2) is 12.8 Å². The fourth-order valence-corrected chi connectivity index (χ4v) is 11.1. The fraction of sp³-hybridized carbons (Fsp3) is 0.397. The number of piperidine rings is 1. The Hall–Kier alpha value is -5.90. The van der Waals surface area contributed by atoms with Gasteiger partial charge in [-0.2, -0.15) is 0 Å². The summed E-state index contributed by atoms with van der Waals surface area (Å²) in [6, 6.07) is 36.2. The number of carbonyl (C=O) groups excluding carboxylic acids is 2. The van der Waals surface area contributed by atoms with Gasteiger partial charge in [0.05, 0.1) is 62.1 Å². The summed E-state index contributed by atoms with van der Waals surface area (Å²) in [7, 11) is 6.28. The van der Waals surface area contributed by atoms with E-state index in [-0.39, 0.29) is 18.4 Å². The number of fused-ring (bicyclic) bond motifs is 2. The van der Waals surface area contributed by atoms with Gasteiger partial charge in [-0.25, -0.2) is 4.57 Å². The number of anilines is 2. The van der Waals surface area contributed by atoms with E-state index in [0.717, 1.165) is 36.6 Å². The molecule has 2 aliphatic rings. The SMILES string of the molecule is C[n+]1ccc(/C=C(/C=C2\Sc3ccccc3N2CCc2cn(CCCC(=O)NCC[N+](C)(C)CCNC(=O)COc3ccc(N(CCCl)CCCl)cc3)nn2)c2ccc(CN3CCCCC3)cc2)c2ccccc21. The molecule has 2 amide bonds. The number of ether oxygens (including phenoxy) is 1. The molecule has 16 heteroatoms. The first-order valence-corrected chi connectivity index (χ1v) is 27.9. The van der Waals surface area contributed by atoms with Gasteiger partial charge < -0.3 is 29.7 Å². The third-order valence-electron chi connectivity index (χ3n) is 13.8. The number of hydrogen-bond acceptors (Lipinski definition) is 9. The minimum absolute atomic E-state index is 0.00964. The van der Waals surface area contributed by atoms with Gasteiger partial charge in [0, 0.05) is 86.2 Å². The van der Waals surface area contributed by atoms with Gasteiger partial charge >= 0.3 is 0 Å². The number of alkyl halides is 2. The molecule has 0 atom stereocenters. The highest BCUT2D eigenvalue weighted by molar-refractivity contribution is 8.03. The lowest BCUT2D eigenvalue weighted by Gasteiger charge is -2.30. The number of likely N-dealkylation sites (tertiary alicyclic amines) is 1. The van der Waals surface area contributed by atoms with Crippen molar-refractivity contribution in [3.63, 3.8) is 0 Å². The van der Waals surface area contributed by atoms with Crippen LogP contribution in [0.1, 0.15) is 54.5 Å². The normalized spacial score (nSPS) is 14.6. The molecule has 74 heavy (non-hydrogen) atoms. The zero-order valence-electron chi connectivity index (χ0n) is 43.2. The van der Waals surface area contributed by atoms with E-state index in [1.54, 1.807) is 0 Å². The Kier molecular flexibility index (Phi) is 19.9. The average Bonchev–Trinajstić information content (AvgIpc) is 4.02. The molecular formula is C58H72Cl2N10O3S+2. The molecule has 0 unspecified atom stereocenters. The number of aromatic nitrogens is 4. The molecule has 4 heterocycles. The fourth-order valence-electron chi connectivity index (χ4n) is 9.51. The first-order valence-electron chi connectivity index (χ1n) is 26.1. The third-order valence-corrected chi connectivity index (χ3v) is 15.2. The molecule has 1 saturated heterocycles. The zero-order chi connectivity index (χ0) is 51.7. The second-order valence-electron chi connectivity index (χ2n) is 19.8. The van der Waals surface area contributed by atoms with E-state index in [9.17, 15) is 9.59 Å². The number of allylic oxidation sites excluding steroid dienone is 2. The molecule has 0 aliphatic carbocycles. The molecule has 390 valence electrons. The standard InChI is InChI=1S/C58H70Cl2N10O3S/c1-65-34-25-47(52-12-5-6-13-53(52)65)40-48(46-19-17-45(18-20-46)42-66-31-9-4-10-32-66)41-58-69(54-14-7-8-15-55(54)74-58)35-26-49-43-68(64-63-49)33-11-16-56(71)61-29-38-70(2,3)39-30-62-57(72)44-73-51-23-21-50(22-24-51)67(36-27-59)37-28-60/h5-8,12-15,17-25,34,40-41,43H,4,9-11,16,26-33,35-39,42,44H2,1-3H3/p+2. The topological polar surface area (TPSA) is 112 Å². The number of benzene rings is 4. The molecule has 13 nitrogen and oxygen atoms in total. The van der Waals surface area contributed by atoms with Gasteiger partial charge in [0.25, 0.3) is 5.91 Å². The number of carbonyl (C=O) groups is 2. The molecule has 2 N–H and O–H groups in total. The number of likely N-dealkylation sites (N-methyl/N-ethyl adjacent to an activating group) is 1. The Bertz CT molecular complexity index is 2840. The highest BCUT2D eigenvalue weighted by Gasteiger charge is 2.26. The van der Waals surface area contributed by atoms with Crippen LogP contribution in [-0.4, -0.2) is 128 Å². The van der Waals surface area contributed by atoms with Crippen LogP contribution in [0.4, 0.5) is 11.4 Å². The highest BCUT2D eigenvalue weighted by Crippen LogP contribution is 2.47. The molecule has 0 spiro atoms. The number of quaternary nitrogens is 1. The summed E-state index contributed by atoms with van der Waals surface area (Å²) in [5.41, 5.74) is 9.17. The van der Waals surface area contributed by atoms with Crippen LogP contribution in [0.25, 0.3) is 22.6 Å². The van der Waals surface area contributed by atoms with Crippen molar-refractivity contribution in [2.45, 2.75) is 56.5 Å². The lowest BCUT2D eigenvalue weighted by atomic mass is 9.99. The van der Waals surface area contributed by atoms with Crippen LogP contribution >= 0.6 is 35.0 Å². The molecule has 2 aliphatic heterocycles. The van der Waals surface area contributed by atoms with Gasteiger partial charge in [0.2, 0.25) is 11.4 Å². The zero-order valence-corrected chi connectivity index (χ0v) is 45.6. The maximum Gasteiger partial charge on any atom is 0.258 e. The summed E-state index contributed by atoms with van der Waals surface area (Å²) in [6.45, 7) is 8.48. The van der Waals surface area contributed by atoms with Crippen LogP contribution in [0.15, 0.2) is 132 Å². The highest BCUT2D eigenvalue weighted by atomic mass is 35.5. The second-order valence-corrected chi connectivity index (χ2v) is 21.6. The van der Waals surface area contributed by atoms with Crippen LogP contribution < -0.4 is 29.7 Å². The summed E-state index contributed by atoms with van der Waals surface area (Å²) in [5, 5.41) is 17.4. The molecule has 8 rings (SSSR count). The van der Waals surface area contributed by atoms with Crippen molar-refractivity contribution in [3.8, 4) is 5.75 Å². The van der Waals surface area contributed by atoms with Crippen LogP contribution in [0, 0.1) is 0 Å². The molecule has 0 saturated carbocycles. The minimum Gasteiger partial charge on any atom is -0.484 e. The van der Waals surface area contributed by atoms with Crippen molar-refractivity contribution in [3.05, 3.63) is 149 Å². The van der Waals surface area contributed by atoms with E-state index in [2.05, 4.69) is 159 Å². The van der Waals surface area contributed by atoms with Crippen molar-refractivity contribution in [2.75, 3.05) is 101 Å². The average molecular weight is 1060 g/mol. The predicted molar refractivity (Wildman–Crippen MR) is 303 cm³/mol. The van der Waals surface area contributed by atoms with Gasteiger partial charge in [-0.05, 0) is 109 Å². The Labute approximate surface area is 451 Å². The first-order chi connectivity index (χ1) is 36.0. The van der Waals surface area contributed by atoms with Crippen molar-refractivity contribution < 1.29 is 23.4 Å². The summed E-state index contributed by atoms with van der Waals surface area (Å²) in [4.78, 5) is 33.8. The van der Waals surface area contributed by atoms with Crippen LogP contribution in [-0.2, 0) is 36.1 Å². The van der Waals surface area contributed by atoms with E-state index in [1.807, 2.05) is 46.9 Å². The number of nitrogens with zero attached hydrogens (tertiary/aromatic N) is 8. The summed E-state index contributed by atoms with van der Waals surface area (Å²) < 4.78 is 10.4. The van der Waals surface area contributed by atoms with E-state index in [4.69, 9.17) is 27.9 Å². The largest absolute Gasteiger partial charge is 0.484 e. The Morgan fingerprint density at radius 1 is 0.851 bits per heavy atom. The first kappa shape index (κ1) is 54.4. The van der Waals surface area contributed by atoms with Crippen LogP contribution in [0.5, 0.6) is 5.75 Å². The lowest BCUT2D eigenvalue weighted by molar-refractivity contribution is -0.887. The minimum atomic E-state index is -0.184. The maximum absolute atomic E-state index is 12.9. The van der Waals surface area contributed by atoms with Gasteiger partial charge in [-0.1, -0.05) is 71.9 Å². The smallest absolute Gasteiger partial charge is 0.258 e. The number of rotatable bonds is 26. The Morgan fingerprint density at radius 2 is 1.57 bits per heavy atom. The molecule has 2 aromatic heterocycles. The summed E-state index contributed by atoms with van der Waals surface area (Å²) in [6.07, 6.45) is 14.5. The summed E-state index contributed by atoms with van der Waals surface area (Å²) >= 11 is 13.7. The van der Waals surface area contributed by atoms with Crippen LogP contribution in [0.2, 0.25) is 0 Å². The van der Waals surface area contributed by atoms with Gasteiger partial charge in [-0.15, -0.1) is 28.3 Å². The molecule has 6 aromatic rings. The number of halogens is 2. The van der Waals surface area contributed by atoms with Crippen molar-refractivity contribution in [1.29, 1.82) is 0 Å². The summed E-state index contributed by atoms with van der Waals surface area (Å²) in [5.74, 6) is 1.46. The Morgan fingerprint density at radius 3 is 2.32 bits per heavy atom. The van der Waals surface area contributed by atoms with E-state index in [0.29, 0.717) is 80.5 Å². The Balaban J connectivity index is 0.810. The molecule has 0 radical (unpaired) electrons.